The van der Waals surface area contributed by atoms with Gasteiger partial charge in [0.1, 0.15) is 11.7 Å². The first-order valence-electron chi connectivity index (χ1n) is 13.8. The Labute approximate surface area is 233 Å². The summed E-state index contributed by atoms with van der Waals surface area (Å²) in [6.07, 6.45) is 6.78. The Hall–Kier alpha value is -4.34. The van der Waals surface area contributed by atoms with E-state index in [1.54, 1.807) is 23.2 Å². The van der Waals surface area contributed by atoms with Gasteiger partial charge in [0, 0.05) is 30.5 Å². The number of hydrogen-bond acceptors (Lipinski definition) is 4. The molecule has 3 aromatic rings. The summed E-state index contributed by atoms with van der Waals surface area (Å²) in [4.78, 5) is 54.8. The molecule has 4 rings (SSSR count). The van der Waals surface area contributed by atoms with E-state index in [-0.39, 0.29) is 24.6 Å². The number of hydrogen-bond donors (Lipinski definition) is 4. The van der Waals surface area contributed by atoms with E-state index in [1.165, 1.54) is 22.3 Å². The Balaban J connectivity index is 1.43. The number of aromatic nitrogens is 2. The minimum atomic E-state index is -1.35. The first-order chi connectivity index (χ1) is 19.2. The number of anilines is 1. The summed E-state index contributed by atoms with van der Waals surface area (Å²) in [6.45, 7) is 6.11. The molecule has 40 heavy (non-hydrogen) atoms. The maximum Gasteiger partial charge on any atom is 0.405 e. The van der Waals surface area contributed by atoms with E-state index in [9.17, 15) is 24.3 Å². The fourth-order valence-corrected chi connectivity index (χ4v) is 5.04. The Morgan fingerprint density at radius 3 is 2.62 bits per heavy atom. The molecule has 10 heteroatoms. The van der Waals surface area contributed by atoms with Gasteiger partial charge in [0.15, 0.2) is 0 Å². The van der Waals surface area contributed by atoms with Crippen LogP contribution in [0.25, 0.3) is 10.9 Å². The van der Waals surface area contributed by atoms with Crippen molar-refractivity contribution in [3.63, 3.8) is 0 Å². The zero-order valence-corrected chi connectivity index (χ0v) is 23.0. The number of carboxylic acid groups (broad SMARTS) is 1. The fraction of sp³-hybridized carbons (Fsp3) is 0.400. The number of carbonyl (C=O) groups excluding carboxylic acids is 2. The molecule has 3 heterocycles. The highest BCUT2D eigenvalue weighted by molar-refractivity contribution is 5.96. The molecule has 1 unspecified atom stereocenters. The third-order valence-electron chi connectivity index (χ3n) is 6.96. The van der Waals surface area contributed by atoms with Gasteiger partial charge < -0.3 is 30.2 Å². The second-order valence-electron chi connectivity index (χ2n) is 10.6. The molecule has 2 aromatic heterocycles. The average molecular weight is 548 g/mol. The molecule has 0 bridgehead atoms. The third kappa shape index (κ3) is 7.40. The maximum absolute atomic E-state index is 13.2. The molecule has 4 N–H and O–H groups in total. The van der Waals surface area contributed by atoms with Crippen LogP contribution in [0, 0.1) is 5.92 Å². The second kappa shape index (κ2) is 13.1. The summed E-state index contributed by atoms with van der Waals surface area (Å²) in [5.41, 5.74) is 2.79. The van der Waals surface area contributed by atoms with E-state index < -0.39 is 23.6 Å². The number of nitrogens with zero attached hydrogens (tertiary/aromatic N) is 2. The minimum Gasteiger partial charge on any atom is -0.465 e. The number of para-hydroxylation sites is 1. The van der Waals surface area contributed by atoms with E-state index >= 15 is 0 Å². The zero-order chi connectivity index (χ0) is 28.6. The van der Waals surface area contributed by atoms with Crippen molar-refractivity contribution in [2.75, 3.05) is 18.4 Å². The molecule has 0 saturated carbocycles. The number of H-pyrrole nitrogens is 1. The number of amides is 3. The summed E-state index contributed by atoms with van der Waals surface area (Å²) in [5, 5.41) is 15.1. The summed E-state index contributed by atoms with van der Waals surface area (Å²) in [6, 6.07) is 10.3. The van der Waals surface area contributed by atoms with Crippen LogP contribution in [-0.4, -0.2) is 56.6 Å². The predicted octanol–water partition coefficient (Wildman–Crippen LogP) is 4.11. The standard InChI is InChI=1S/C30H37N5O5/c1-20(2)17-21-9-7-10-22-18-23(31-27(21)22)19-35-16-8-12-25(29(35)38)32-28(37)24(33-30(39)40)11-3-4-13-26(36)34-14-5-6-15-34/h4,7-10,12-13,16,18,20,24,31,33H,3,5-6,11,14-15,17,19H2,1-2H3,(H,32,37)(H,39,40)/b13-4+. The molecule has 0 spiro atoms. The van der Waals surface area contributed by atoms with Crippen LogP contribution in [0.15, 0.2) is 59.5 Å². The summed E-state index contributed by atoms with van der Waals surface area (Å²) >= 11 is 0. The normalized spacial score (nSPS) is 14.2. The van der Waals surface area contributed by atoms with Gasteiger partial charge in [0.05, 0.1) is 6.54 Å². The van der Waals surface area contributed by atoms with Crippen molar-refractivity contribution in [1.29, 1.82) is 0 Å². The van der Waals surface area contributed by atoms with E-state index in [1.807, 2.05) is 18.2 Å². The van der Waals surface area contributed by atoms with Crippen LogP contribution in [0.2, 0.25) is 0 Å². The van der Waals surface area contributed by atoms with Gasteiger partial charge in [0.2, 0.25) is 11.8 Å². The van der Waals surface area contributed by atoms with Gasteiger partial charge >= 0.3 is 6.09 Å². The molecule has 0 radical (unpaired) electrons. The fourth-order valence-electron chi connectivity index (χ4n) is 5.04. The van der Waals surface area contributed by atoms with Crippen molar-refractivity contribution in [3.05, 3.63) is 76.4 Å². The number of fused-ring (bicyclic) bond motifs is 1. The van der Waals surface area contributed by atoms with E-state index in [2.05, 4.69) is 35.5 Å². The lowest BCUT2D eigenvalue weighted by atomic mass is 10.0. The number of rotatable bonds is 11. The Morgan fingerprint density at radius 2 is 1.90 bits per heavy atom. The lowest BCUT2D eigenvalue weighted by Gasteiger charge is -2.16. The molecule has 1 saturated heterocycles. The van der Waals surface area contributed by atoms with Crippen molar-refractivity contribution in [2.24, 2.45) is 5.92 Å². The molecule has 212 valence electrons. The number of benzene rings is 1. The van der Waals surface area contributed by atoms with Crippen LogP contribution in [-0.2, 0) is 22.6 Å². The quantitative estimate of drug-likeness (QED) is 0.268. The molecule has 0 aliphatic carbocycles. The monoisotopic (exact) mass is 547 g/mol. The lowest BCUT2D eigenvalue weighted by Crippen LogP contribution is -2.44. The van der Waals surface area contributed by atoms with Crippen molar-refractivity contribution in [1.82, 2.24) is 19.8 Å². The minimum absolute atomic E-state index is 0.0565. The highest BCUT2D eigenvalue weighted by Crippen LogP contribution is 2.22. The van der Waals surface area contributed by atoms with Crippen molar-refractivity contribution in [3.8, 4) is 0 Å². The van der Waals surface area contributed by atoms with Gasteiger partial charge in [-0.3, -0.25) is 14.4 Å². The first kappa shape index (κ1) is 28.7. The summed E-state index contributed by atoms with van der Waals surface area (Å²) in [5.74, 6) is -0.214. The predicted molar refractivity (Wildman–Crippen MR) is 154 cm³/mol. The number of pyridine rings is 1. The highest BCUT2D eigenvalue weighted by atomic mass is 16.4. The molecule has 1 fully saturated rings. The molecule has 1 atom stereocenters. The molecule has 1 aliphatic heterocycles. The molecular weight excluding hydrogens is 510 g/mol. The Bertz CT molecular complexity index is 1450. The van der Waals surface area contributed by atoms with Crippen LogP contribution in [0.3, 0.4) is 0 Å². The lowest BCUT2D eigenvalue weighted by molar-refractivity contribution is -0.125. The molecule has 1 aromatic carbocycles. The number of allylic oxidation sites excluding steroid dienone is 1. The SMILES string of the molecule is CC(C)Cc1cccc2cc(Cn3cccc(NC(=O)C(CC/C=C/C(=O)N4CCCC4)NC(=O)O)c3=O)[nH]c12. The number of likely N-dealkylation sites (tertiary alicyclic amines) is 1. The van der Waals surface area contributed by atoms with Crippen molar-refractivity contribution >= 4 is 34.5 Å². The van der Waals surface area contributed by atoms with Gasteiger partial charge in [0.25, 0.3) is 5.56 Å². The highest BCUT2D eigenvalue weighted by Gasteiger charge is 2.22. The zero-order valence-electron chi connectivity index (χ0n) is 23.0. The Kier molecular flexibility index (Phi) is 9.42. The van der Waals surface area contributed by atoms with Crippen LogP contribution < -0.4 is 16.2 Å². The van der Waals surface area contributed by atoms with Gasteiger partial charge in [-0.2, -0.15) is 0 Å². The van der Waals surface area contributed by atoms with E-state index in [0.717, 1.165) is 48.9 Å². The average Bonchev–Trinajstić information content (AvgIpc) is 3.58. The van der Waals surface area contributed by atoms with Crippen LogP contribution in [0.5, 0.6) is 0 Å². The first-order valence-corrected chi connectivity index (χ1v) is 13.8. The largest absolute Gasteiger partial charge is 0.465 e. The maximum atomic E-state index is 13.2. The molecule has 1 aliphatic rings. The summed E-state index contributed by atoms with van der Waals surface area (Å²) in [7, 11) is 0. The summed E-state index contributed by atoms with van der Waals surface area (Å²) < 4.78 is 1.49. The van der Waals surface area contributed by atoms with Crippen LogP contribution >= 0.6 is 0 Å². The number of aromatic amines is 1. The van der Waals surface area contributed by atoms with Gasteiger partial charge in [-0.1, -0.05) is 38.1 Å². The second-order valence-corrected chi connectivity index (χ2v) is 10.6. The van der Waals surface area contributed by atoms with Crippen molar-refractivity contribution in [2.45, 2.75) is 58.5 Å². The van der Waals surface area contributed by atoms with Gasteiger partial charge in [-0.25, -0.2) is 4.79 Å². The molecule has 10 nitrogen and oxygen atoms in total. The Morgan fingerprint density at radius 1 is 1.12 bits per heavy atom. The third-order valence-corrected chi connectivity index (χ3v) is 6.96. The number of carbonyl (C=O) groups is 3. The smallest absolute Gasteiger partial charge is 0.405 e. The van der Waals surface area contributed by atoms with Crippen LogP contribution in [0.1, 0.15) is 50.8 Å². The van der Waals surface area contributed by atoms with Crippen LogP contribution in [0.4, 0.5) is 10.5 Å². The van der Waals surface area contributed by atoms with E-state index in [4.69, 9.17) is 0 Å². The van der Waals surface area contributed by atoms with Crippen molar-refractivity contribution < 1.29 is 19.5 Å². The van der Waals surface area contributed by atoms with E-state index in [0.29, 0.717) is 12.3 Å². The van der Waals surface area contributed by atoms with Gasteiger partial charge in [-0.15, -0.1) is 0 Å². The van der Waals surface area contributed by atoms with Gasteiger partial charge in [-0.05, 0) is 73.2 Å². The topological polar surface area (TPSA) is 137 Å². The number of nitrogens with one attached hydrogen (secondary N) is 3. The molecular formula is C30H37N5O5. The molecule has 3 amide bonds.